The summed E-state index contributed by atoms with van der Waals surface area (Å²) in [5.74, 6) is -2.72. The molecule has 1 nitrogen and oxygen atoms in total. The summed E-state index contributed by atoms with van der Waals surface area (Å²) in [5, 5.41) is 2.45. The van der Waals surface area contributed by atoms with E-state index in [9.17, 15) is 13.2 Å². The van der Waals surface area contributed by atoms with E-state index in [4.69, 9.17) is 0 Å². The molecule has 0 aliphatic carbocycles. The Kier molecular flexibility index (Phi) is 1.66. The molecule has 0 amide bonds. The lowest BCUT2D eigenvalue weighted by Crippen LogP contribution is -2.38. The molecule has 0 unspecified atom stereocenters. The Bertz CT molecular complexity index is 137. The van der Waals surface area contributed by atoms with Gasteiger partial charge in [-0.15, -0.1) is 0 Å². The number of halogens is 3. The molecule has 10 heavy (non-hydrogen) atoms. The molecule has 1 rings (SSSR count). The average Bonchev–Trinajstić information content (AvgIpc) is 2.08. The van der Waals surface area contributed by atoms with Gasteiger partial charge in [-0.1, -0.05) is 0 Å². The van der Waals surface area contributed by atoms with Gasteiger partial charge in [0.2, 0.25) is 0 Å². The number of hydrogen-bond donors (Lipinski definition) is 1. The lowest BCUT2D eigenvalue weighted by molar-refractivity contribution is 0.0153. The van der Waals surface area contributed by atoms with Crippen LogP contribution < -0.4 is 5.32 Å². The van der Waals surface area contributed by atoms with E-state index in [0.29, 0.717) is 0 Å². The quantitative estimate of drug-likeness (QED) is 0.599. The smallest absolute Gasteiger partial charge is 0.262 e. The van der Waals surface area contributed by atoms with Crippen molar-refractivity contribution in [3.8, 4) is 0 Å². The summed E-state index contributed by atoms with van der Waals surface area (Å²) in [4.78, 5) is 0. The zero-order chi connectivity index (χ0) is 7.83. The van der Waals surface area contributed by atoms with Gasteiger partial charge in [-0.2, -0.15) is 0 Å². The minimum Gasteiger partial charge on any atom is -0.303 e. The van der Waals surface area contributed by atoms with Crippen molar-refractivity contribution in [2.45, 2.75) is 24.8 Å². The third kappa shape index (κ3) is 1.42. The average molecular weight is 153 g/mol. The predicted octanol–water partition coefficient (Wildman–Crippen LogP) is 1.34. The lowest BCUT2D eigenvalue weighted by atomic mass is 10.0. The van der Waals surface area contributed by atoms with E-state index >= 15 is 0 Å². The van der Waals surface area contributed by atoms with Crippen LogP contribution in [0.5, 0.6) is 0 Å². The molecule has 60 valence electrons. The van der Waals surface area contributed by atoms with Crippen molar-refractivity contribution >= 4 is 0 Å². The van der Waals surface area contributed by atoms with Gasteiger partial charge in [-0.05, 0) is 6.92 Å². The molecule has 0 aromatic heterocycles. The van der Waals surface area contributed by atoms with Crippen LogP contribution >= 0.6 is 0 Å². The minimum atomic E-state index is -2.72. The fraction of sp³-hybridized carbons (Fsp3) is 1.00. The molecule has 0 aromatic rings. The predicted molar refractivity (Wildman–Crippen MR) is 31.9 cm³/mol. The third-order valence-corrected chi connectivity index (χ3v) is 1.72. The van der Waals surface area contributed by atoms with Crippen molar-refractivity contribution in [3.63, 3.8) is 0 Å². The third-order valence-electron chi connectivity index (χ3n) is 1.72. The SMILES string of the molecule is C[C@]1(CF)CC(F)(F)CN1. The van der Waals surface area contributed by atoms with Crippen LogP contribution in [0.25, 0.3) is 0 Å². The summed E-state index contributed by atoms with van der Waals surface area (Å²) in [6.45, 7) is 0.337. The van der Waals surface area contributed by atoms with Crippen LogP contribution in [-0.2, 0) is 0 Å². The van der Waals surface area contributed by atoms with Gasteiger partial charge in [-0.3, -0.25) is 0 Å². The number of nitrogens with one attached hydrogen (secondary N) is 1. The van der Waals surface area contributed by atoms with Crippen molar-refractivity contribution in [2.75, 3.05) is 13.2 Å². The Hall–Kier alpha value is -0.250. The molecule has 0 bridgehead atoms. The molecule has 1 saturated heterocycles. The van der Waals surface area contributed by atoms with Crippen LogP contribution in [0, 0.1) is 0 Å². The summed E-state index contributed by atoms with van der Waals surface area (Å²) in [5.41, 5.74) is -0.997. The van der Waals surface area contributed by atoms with Crippen LogP contribution in [0.3, 0.4) is 0 Å². The van der Waals surface area contributed by atoms with Gasteiger partial charge in [0.05, 0.1) is 6.54 Å². The van der Waals surface area contributed by atoms with Crippen molar-refractivity contribution < 1.29 is 13.2 Å². The van der Waals surface area contributed by atoms with Crippen LogP contribution in [0.15, 0.2) is 0 Å². The second kappa shape index (κ2) is 2.12. The first-order valence-corrected chi connectivity index (χ1v) is 3.16. The highest BCUT2D eigenvalue weighted by Crippen LogP contribution is 2.31. The highest BCUT2D eigenvalue weighted by atomic mass is 19.3. The molecule has 4 heteroatoms. The highest BCUT2D eigenvalue weighted by Gasteiger charge is 2.46. The van der Waals surface area contributed by atoms with Crippen LogP contribution in [-0.4, -0.2) is 24.7 Å². The van der Waals surface area contributed by atoms with Crippen molar-refractivity contribution in [2.24, 2.45) is 0 Å². The molecule has 1 N–H and O–H groups in total. The zero-order valence-electron chi connectivity index (χ0n) is 5.76. The Morgan fingerprint density at radius 3 is 2.30 bits per heavy atom. The first-order chi connectivity index (χ1) is 4.47. The van der Waals surface area contributed by atoms with E-state index in [-0.39, 0.29) is 0 Å². The summed E-state index contributed by atoms with van der Waals surface area (Å²) in [6, 6.07) is 0. The Balaban J connectivity index is 2.57. The number of hydrogen-bond acceptors (Lipinski definition) is 1. The summed E-state index contributed by atoms with van der Waals surface area (Å²) < 4.78 is 36.8. The number of alkyl halides is 3. The van der Waals surface area contributed by atoms with E-state index in [1.165, 1.54) is 6.92 Å². The van der Waals surface area contributed by atoms with Crippen LogP contribution in [0.1, 0.15) is 13.3 Å². The highest BCUT2D eigenvalue weighted by molar-refractivity contribution is 4.96. The Morgan fingerprint density at radius 2 is 2.10 bits per heavy atom. The van der Waals surface area contributed by atoms with Crippen molar-refractivity contribution in [3.05, 3.63) is 0 Å². The molecule has 1 atom stereocenters. The molecule has 1 aliphatic heterocycles. The minimum absolute atomic E-state index is 0.392. The Morgan fingerprint density at radius 1 is 1.50 bits per heavy atom. The molecule has 1 fully saturated rings. The van der Waals surface area contributed by atoms with Gasteiger partial charge in [0.1, 0.15) is 6.67 Å². The van der Waals surface area contributed by atoms with Gasteiger partial charge in [0.25, 0.3) is 5.92 Å². The first kappa shape index (κ1) is 7.85. The second-order valence-corrected chi connectivity index (χ2v) is 3.08. The van der Waals surface area contributed by atoms with Crippen LogP contribution in [0.2, 0.25) is 0 Å². The van der Waals surface area contributed by atoms with E-state index in [1.54, 1.807) is 0 Å². The van der Waals surface area contributed by atoms with Crippen molar-refractivity contribution in [1.82, 2.24) is 5.32 Å². The maximum Gasteiger partial charge on any atom is 0.262 e. The summed E-state index contributed by atoms with van der Waals surface area (Å²) >= 11 is 0. The van der Waals surface area contributed by atoms with Crippen LogP contribution in [0.4, 0.5) is 13.2 Å². The van der Waals surface area contributed by atoms with Gasteiger partial charge < -0.3 is 5.32 Å². The van der Waals surface area contributed by atoms with E-state index in [2.05, 4.69) is 5.32 Å². The Labute approximate surface area is 57.6 Å². The van der Waals surface area contributed by atoms with Gasteiger partial charge in [0.15, 0.2) is 0 Å². The monoisotopic (exact) mass is 153 g/mol. The maximum atomic E-state index is 12.4. The molecule has 1 heterocycles. The second-order valence-electron chi connectivity index (χ2n) is 3.08. The maximum absolute atomic E-state index is 12.4. The molecular formula is C6H10F3N. The lowest BCUT2D eigenvalue weighted by Gasteiger charge is -2.18. The van der Waals surface area contributed by atoms with E-state index < -0.39 is 31.1 Å². The molecule has 0 spiro atoms. The van der Waals surface area contributed by atoms with Gasteiger partial charge in [0, 0.05) is 12.0 Å². The molecule has 0 saturated carbocycles. The molecule has 0 aromatic carbocycles. The molecule has 1 aliphatic rings. The van der Waals surface area contributed by atoms with Gasteiger partial charge in [-0.25, -0.2) is 13.2 Å². The summed E-state index contributed by atoms with van der Waals surface area (Å²) in [7, 11) is 0. The molecule has 0 radical (unpaired) electrons. The largest absolute Gasteiger partial charge is 0.303 e. The molecular weight excluding hydrogens is 143 g/mol. The first-order valence-electron chi connectivity index (χ1n) is 3.16. The standard InChI is InChI=1S/C6H10F3N/c1-5(3-7)2-6(8,9)4-10-5/h10H,2-4H2,1H3/t5-/m1/s1. The van der Waals surface area contributed by atoms with E-state index in [0.717, 1.165) is 0 Å². The van der Waals surface area contributed by atoms with E-state index in [1.807, 2.05) is 0 Å². The number of rotatable bonds is 1. The topological polar surface area (TPSA) is 12.0 Å². The van der Waals surface area contributed by atoms with Crippen molar-refractivity contribution in [1.29, 1.82) is 0 Å². The normalized spacial score (nSPS) is 38.4. The fourth-order valence-corrected chi connectivity index (χ4v) is 1.13. The fourth-order valence-electron chi connectivity index (χ4n) is 1.13. The summed E-state index contributed by atoms with van der Waals surface area (Å²) in [6.07, 6.45) is -0.392. The zero-order valence-corrected chi connectivity index (χ0v) is 5.76. The van der Waals surface area contributed by atoms with Gasteiger partial charge >= 0.3 is 0 Å².